The molecular weight excluding hydrogens is 202 g/mol. The van der Waals surface area contributed by atoms with E-state index < -0.39 is 0 Å². The monoisotopic (exact) mass is 212 g/mol. The van der Waals surface area contributed by atoms with Gasteiger partial charge in [0.25, 0.3) is 0 Å². The summed E-state index contributed by atoms with van der Waals surface area (Å²) in [6, 6.07) is 12.5. The van der Waals surface area contributed by atoms with Crippen molar-refractivity contribution in [3.05, 3.63) is 59.9 Å². The van der Waals surface area contributed by atoms with Gasteiger partial charge in [0.2, 0.25) is 6.29 Å². The summed E-state index contributed by atoms with van der Waals surface area (Å²) in [6.07, 6.45) is 3.54. The van der Waals surface area contributed by atoms with E-state index in [1.165, 1.54) is 0 Å². The first kappa shape index (κ1) is 10.4. The predicted octanol–water partition coefficient (Wildman–Crippen LogP) is 2.12. The molecule has 3 heteroatoms. The third-order valence-corrected chi connectivity index (χ3v) is 2.09. The Bertz CT molecular complexity index is 451. The van der Waals surface area contributed by atoms with E-state index in [2.05, 4.69) is 4.98 Å². The van der Waals surface area contributed by atoms with E-state index >= 15 is 0 Å². The highest BCUT2D eigenvalue weighted by Crippen LogP contribution is 2.12. The molecule has 2 rings (SSSR count). The van der Waals surface area contributed by atoms with Crippen molar-refractivity contribution in [3.8, 4) is 5.75 Å². The Kier molecular flexibility index (Phi) is 3.28. The molecule has 16 heavy (non-hydrogen) atoms. The normalized spacial score (nSPS) is 9.75. The lowest BCUT2D eigenvalue weighted by molar-refractivity contribution is 0.301. The second-order valence-corrected chi connectivity index (χ2v) is 3.24. The summed E-state index contributed by atoms with van der Waals surface area (Å²) in [5.41, 5.74) is 1.39. The van der Waals surface area contributed by atoms with Crippen LogP contribution in [0.15, 0.2) is 48.7 Å². The minimum absolute atomic E-state index is 0.422. The van der Waals surface area contributed by atoms with Gasteiger partial charge in [0.15, 0.2) is 0 Å². The van der Waals surface area contributed by atoms with Crippen molar-refractivity contribution in [3.63, 3.8) is 0 Å². The van der Waals surface area contributed by atoms with Crippen LogP contribution < -0.4 is 4.74 Å². The standard InChI is InChI=1S/C13H10NO2/c15-9-11-4-6-13(7-5-11)16-10-12-3-1-2-8-14-12/h1-8H,10H2. The van der Waals surface area contributed by atoms with Crippen LogP contribution in [0.3, 0.4) is 0 Å². The van der Waals surface area contributed by atoms with Crippen LogP contribution in [0.1, 0.15) is 11.3 Å². The molecule has 0 aliphatic heterocycles. The fourth-order valence-corrected chi connectivity index (χ4v) is 1.26. The van der Waals surface area contributed by atoms with Crippen molar-refractivity contribution >= 4 is 6.29 Å². The number of benzene rings is 1. The highest BCUT2D eigenvalue weighted by molar-refractivity contribution is 5.75. The maximum atomic E-state index is 10.3. The van der Waals surface area contributed by atoms with Gasteiger partial charge in [0.1, 0.15) is 12.4 Å². The first-order chi connectivity index (χ1) is 7.88. The van der Waals surface area contributed by atoms with E-state index in [0.29, 0.717) is 17.9 Å². The topological polar surface area (TPSA) is 39.2 Å². The maximum Gasteiger partial charge on any atom is 0.233 e. The van der Waals surface area contributed by atoms with Crippen molar-refractivity contribution < 1.29 is 9.53 Å². The van der Waals surface area contributed by atoms with Gasteiger partial charge in [-0.1, -0.05) is 6.07 Å². The molecule has 1 aromatic heterocycles. The molecule has 3 nitrogen and oxygen atoms in total. The second kappa shape index (κ2) is 5.07. The van der Waals surface area contributed by atoms with E-state index in [1.807, 2.05) is 24.5 Å². The van der Waals surface area contributed by atoms with Crippen LogP contribution in [0.2, 0.25) is 0 Å². The minimum atomic E-state index is 0.422. The summed E-state index contributed by atoms with van der Waals surface area (Å²) >= 11 is 0. The molecule has 0 saturated heterocycles. The fourth-order valence-electron chi connectivity index (χ4n) is 1.26. The van der Waals surface area contributed by atoms with Gasteiger partial charge in [-0.15, -0.1) is 0 Å². The minimum Gasteiger partial charge on any atom is -0.487 e. The highest BCUT2D eigenvalue weighted by atomic mass is 16.5. The van der Waals surface area contributed by atoms with Crippen molar-refractivity contribution in [1.29, 1.82) is 0 Å². The highest BCUT2D eigenvalue weighted by Gasteiger charge is 1.96. The summed E-state index contributed by atoms with van der Waals surface area (Å²) in [4.78, 5) is 14.5. The molecule has 0 spiro atoms. The summed E-state index contributed by atoms with van der Waals surface area (Å²) in [5, 5.41) is 0. The van der Waals surface area contributed by atoms with Gasteiger partial charge in [0, 0.05) is 11.8 Å². The molecular formula is C13H10NO2. The quantitative estimate of drug-likeness (QED) is 0.779. The molecule has 0 unspecified atom stereocenters. The molecule has 1 heterocycles. The van der Waals surface area contributed by atoms with Crippen LogP contribution >= 0.6 is 0 Å². The predicted molar refractivity (Wildman–Crippen MR) is 59.8 cm³/mol. The molecule has 0 N–H and O–H groups in total. The Labute approximate surface area is 93.7 Å². The Morgan fingerprint density at radius 3 is 2.56 bits per heavy atom. The molecule has 0 aliphatic rings. The van der Waals surface area contributed by atoms with Crippen molar-refractivity contribution in [2.75, 3.05) is 0 Å². The third kappa shape index (κ3) is 2.67. The molecule has 2 aromatic rings. The first-order valence-electron chi connectivity index (χ1n) is 4.89. The Morgan fingerprint density at radius 1 is 1.12 bits per heavy atom. The average molecular weight is 212 g/mol. The van der Waals surface area contributed by atoms with Crippen LogP contribution in [0.5, 0.6) is 5.75 Å². The van der Waals surface area contributed by atoms with E-state index in [4.69, 9.17) is 4.74 Å². The largest absolute Gasteiger partial charge is 0.487 e. The lowest BCUT2D eigenvalue weighted by atomic mass is 10.2. The smallest absolute Gasteiger partial charge is 0.233 e. The van der Waals surface area contributed by atoms with Crippen molar-refractivity contribution in [2.45, 2.75) is 6.61 Å². The second-order valence-electron chi connectivity index (χ2n) is 3.24. The lowest BCUT2D eigenvalue weighted by Gasteiger charge is -2.04. The van der Waals surface area contributed by atoms with Gasteiger partial charge < -0.3 is 4.74 Å². The van der Waals surface area contributed by atoms with Crippen molar-refractivity contribution in [1.82, 2.24) is 4.98 Å². The zero-order chi connectivity index (χ0) is 11.2. The van der Waals surface area contributed by atoms with Gasteiger partial charge in [-0.25, -0.2) is 0 Å². The fraction of sp³-hybridized carbons (Fsp3) is 0.0769. The first-order valence-corrected chi connectivity index (χ1v) is 4.89. The van der Waals surface area contributed by atoms with Gasteiger partial charge >= 0.3 is 0 Å². The van der Waals surface area contributed by atoms with Crippen molar-refractivity contribution in [2.24, 2.45) is 0 Å². The summed E-state index contributed by atoms with van der Waals surface area (Å²) in [7, 11) is 0. The number of nitrogens with zero attached hydrogens (tertiary/aromatic N) is 1. The molecule has 0 bridgehead atoms. The summed E-state index contributed by atoms with van der Waals surface area (Å²) < 4.78 is 5.50. The van der Waals surface area contributed by atoms with Gasteiger partial charge in [-0.2, -0.15) is 0 Å². The lowest BCUT2D eigenvalue weighted by Crippen LogP contribution is -1.97. The van der Waals surface area contributed by atoms with E-state index in [-0.39, 0.29) is 0 Å². The van der Waals surface area contributed by atoms with Crippen LogP contribution in [-0.4, -0.2) is 11.3 Å². The van der Waals surface area contributed by atoms with E-state index in [9.17, 15) is 4.79 Å². The molecule has 0 amide bonds. The molecule has 0 saturated carbocycles. The number of rotatable bonds is 4. The molecule has 1 aromatic carbocycles. The van der Waals surface area contributed by atoms with E-state index in [0.717, 1.165) is 5.69 Å². The van der Waals surface area contributed by atoms with Gasteiger partial charge in [-0.3, -0.25) is 9.78 Å². The van der Waals surface area contributed by atoms with Crippen LogP contribution in [-0.2, 0) is 11.4 Å². The molecule has 1 radical (unpaired) electrons. The maximum absolute atomic E-state index is 10.3. The number of hydrogen-bond donors (Lipinski definition) is 0. The SMILES string of the molecule is O=[C]c1ccc(OCc2ccccn2)cc1. The number of ether oxygens (including phenoxy) is 1. The number of aromatic nitrogens is 1. The van der Waals surface area contributed by atoms with Gasteiger partial charge in [0.05, 0.1) is 5.69 Å². The van der Waals surface area contributed by atoms with Gasteiger partial charge in [-0.05, 0) is 36.4 Å². The summed E-state index contributed by atoms with van der Waals surface area (Å²) in [5.74, 6) is 0.713. The molecule has 0 atom stereocenters. The van der Waals surface area contributed by atoms with Crippen LogP contribution in [0, 0.1) is 0 Å². The Morgan fingerprint density at radius 2 is 1.94 bits per heavy atom. The number of pyridine rings is 1. The zero-order valence-corrected chi connectivity index (χ0v) is 8.59. The molecule has 0 aliphatic carbocycles. The Balaban J connectivity index is 1.97. The number of carbonyl (C=O) groups excluding carboxylic acids is 1. The average Bonchev–Trinajstić information content (AvgIpc) is 2.38. The Hall–Kier alpha value is -2.16. The number of hydrogen-bond acceptors (Lipinski definition) is 3. The van der Waals surface area contributed by atoms with Crippen LogP contribution in [0.4, 0.5) is 0 Å². The van der Waals surface area contributed by atoms with E-state index in [1.54, 1.807) is 30.5 Å². The molecule has 0 fully saturated rings. The zero-order valence-electron chi connectivity index (χ0n) is 8.59. The van der Waals surface area contributed by atoms with Crippen LogP contribution in [0.25, 0.3) is 0 Å². The third-order valence-electron chi connectivity index (χ3n) is 2.09. The molecule has 79 valence electrons. The summed E-state index contributed by atoms with van der Waals surface area (Å²) in [6.45, 7) is 0.422.